The summed E-state index contributed by atoms with van der Waals surface area (Å²) in [5, 5.41) is 8.91. The molecule has 0 saturated heterocycles. The summed E-state index contributed by atoms with van der Waals surface area (Å²) in [6.45, 7) is -0.885. The molecule has 0 aliphatic heterocycles. The van der Waals surface area contributed by atoms with Crippen LogP contribution in [0.3, 0.4) is 0 Å². The molecule has 11 heavy (non-hydrogen) atoms. The first-order valence-corrected chi connectivity index (χ1v) is 3.23. The Morgan fingerprint density at radius 3 is 2.73 bits per heavy atom. The minimum Gasteiger partial charge on any atom is -0.386 e. The maximum absolute atomic E-state index is 12.4. The van der Waals surface area contributed by atoms with E-state index in [9.17, 15) is 8.78 Å². The van der Waals surface area contributed by atoms with E-state index in [1.165, 1.54) is 18.2 Å². The number of halogens is 2. The molecule has 1 rings (SSSR count). The lowest BCUT2D eigenvalue weighted by Gasteiger charge is -2.04. The van der Waals surface area contributed by atoms with Gasteiger partial charge in [0.05, 0.1) is 0 Å². The Balaban J connectivity index is 2.86. The van der Waals surface area contributed by atoms with Gasteiger partial charge >= 0.3 is 0 Å². The second-order valence-electron chi connectivity index (χ2n) is 2.23. The van der Waals surface area contributed by atoms with E-state index in [0.717, 1.165) is 6.07 Å². The van der Waals surface area contributed by atoms with Crippen LogP contribution in [-0.2, 0) is 0 Å². The van der Waals surface area contributed by atoms with Gasteiger partial charge in [0.1, 0.15) is 18.6 Å². The zero-order chi connectivity index (χ0) is 8.27. The third kappa shape index (κ3) is 1.98. The lowest BCUT2D eigenvalue weighted by molar-refractivity contribution is 0.141. The van der Waals surface area contributed by atoms with Gasteiger partial charge in [-0.3, -0.25) is 0 Å². The molecule has 60 valence electrons. The highest BCUT2D eigenvalue weighted by Gasteiger charge is 2.06. The van der Waals surface area contributed by atoms with E-state index in [4.69, 9.17) is 5.11 Å². The molecular formula is C8H8F2O. The maximum atomic E-state index is 12.4. The molecular weight excluding hydrogens is 150 g/mol. The highest BCUT2D eigenvalue weighted by molar-refractivity contribution is 5.18. The standard InChI is InChI=1S/C8H8F2O/c9-5-8(11)6-2-1-3-7(10)4-6/h1-4,8,11H,5H2/t8-/m1/s1. The van der Waals surface area contributed by atoms with Crippen LogP contribution < -0.4 is 0 Å². The van der Waals surface area contributed by atoms with Crippen LogP contribution in [0.15, 0.2) is 24.3 Å². The molecule has 0 fully saturated rings. The third-order valence-corrected chi connectivity index (χ3v) is 1.38. The Kier molecular flexibility index (Phi) is 2.54. The second kappa shape index (κ2) is 3.44. The van der Waals surface area contributed by atoms with Crippen LogP contribution in [0.4, 0.5) is 8.78 Å². The van der Waals surface area contributed by atoms with E-state index in [-0.39, 0.29) is 5.56 Å². The van der Waals surface area contributed by atoms with Crippen molar-refractivity contribution in [1.82, 2.24) is 0 Å². The summed E-state index contributed by atoms with van der Waals surface area (Å²) in [7, 11) is 0. The number of hydrogen-bond acceptors (Lipinski definition) is 1. The molecule has 0 spiro atoms. The van der Waals surface area contributed by atoms with Crippen LogP contribution in [-0.4, -0.2) is 11.8 Å². The van der Waals surface area contributed by atoms with Gasteiger partial charge < -0.3 is 5.11 Å². The van der Waals surface area contributed by atoms with E-state index in [2.05, 4.69) is 0 Å². The number of benzene rings is 1. The average molecular weight is 158 g/mol. The first-order chi connectivity index (χ1) is 5.24. The van der Waals surface area contributed by atoms with Gasteiger partial charge in [-0.2, -0.15) is 0 Å². The second-order valence-corrected chi connectivity index (χ2v) is 2.23. The molecule has 0 heterocycles. The molecule has 3 heteroatoms. The van der Waals surface area contributed by atoms with Crippen LogP contribution in [0.1, 0.15) is 11.7 Å². The first-order valence-electron chi connectivity index (χ1n) is 3.23. The van der Waals surface area contributed by atoms with Crippen molar-refractivity contribution in [2.45, 2.75) is 6.10 Å². The zero-order valence-corrected chi connectivity index (χ0v) is 5.80. The molecule has 0 unspecified atom stereocenters. The van der Waals surface area contributed by atoms with Crippen molar-refractivity contribution in [2.24, 2.45) is 0 Å². The van der Waals surface area contributed by atoms with Crippen LogP contribution in [0, 0.1) is 5.82 Å². The number of alkyl halides is 1. The van der Waals surface area contributed by atoms with Crippen molar-refractivity contribution in [3.05, 3.63) is 35.6 Å². The topological polar surface area (TPSA) is 20.2 Å². The monoisotopic (exact) mass is 158 g/mol. The Morgan fingerprint density at radius 1 is 1.45 bits per heavy atom. The summed E-state index contributed by atoms with van der Waals surface area (Å²) >= 11 is 0. The third-order valence-electron chi connectivity index (χ3n) is 1.38. The maximum Gasteiger partial charge on any atom is 0.123 e. The molecule has 0 aliphatic carbocycles. The van der Waals surface area contributed by atoms with Crippen LogP contribution >= 0.6 is 0 Å². The van der Waals surface area contributed by atoms with E-state index < -0.39 is 18.6 Å². The van der Waals surface area contributed by atoms with Crippen molar-refractivity contribution < 1.29 is 13.9 Å². The van der Waals surface area contributed by atoms with Gasteiger partial charge in [-0.1, -0.05) is 12.1 Å². The first kappa shape index (κ1) is 8.14. The van der Waals surface area contributed by atoms with Crippen molar-refractivity contribution in [2.75, 3.05) is 6.67 Å². The summed E-state index contributed by atoms with van der Waals surface area (Å²) in [4.78, 5) is 0. The smallest absolute Gasteiger partial charge is 0.123 e. The number of aliphatic hydroxyl groups is 1. The van der Waals surface area contributed by atoms with E-state index in [1.54, 1.807) is 0 Å². The molecule has 1 N–H and O–H groups in total. The molecule has 1 aromatic rings. The molecule has 0 bridgehead atoms. The molecule has 1 aromatic carbocycles. The zero-order valence-electron chi connectivity index (χ0n) is 5.80. The van der Waals surface area contributed by atoms with Crippen molar-refractivity contribution in [3.8, 4) is 0 Å². The summed E-state index contributed by atoms with van der Waals surface area (Å²) in [6, 6.07) is 5.27. The summed E-state index contributed by atoms with van der Waals surface area (Å²) < 4.78 is 24.3. The molecule has 0 amide bonds. The van der Waals surface area contributed by atoms with Gasteiger partial charge in [0, 0.05) is 0 Å². The van der Waals surface area contributed by atoms with E-state index in [0.29, 0.717) is 0 Å². The number of hydrogen-bond donors (Lipinski definition) is 1. The molecule has 0 radical (unpaired) electrons. The van der Waals surface area contributed by atoms with Crippen molar-refractivity contribution >= 4 is 0 Å². The fourth-order valence-corrected chi connectivity index (χ4v) is 0.803. The van der Waals surface area contributed by atoms with Gasteiger partial charge in [-0.05, 0) is 17.7 Å². The van der Waals surface area contributed by atoms with Gasteiger partial charge in [0.25, 0.3) is 0 Å². The van der Waals surface area contributed by atoms with Crippen LogP contribution in [0.25, 0.3) is 0 Å². The van der Waals surface area contributed by atoms with E-state index in [1.807, 2.05) is 0 Å². The molecule has 0 aromatic heterocycles. The average Bonchev–Trinajstić information content (AvgIpc) is 2.03. The quantitative estimate of drug-likeness (QED) is 0.696. The van der Waals surface area contributed by atoms with Crippen LogP contribution in [0.5, 0.6) is 0 Å². The lowest BCUT2D eigenvalue weighted by Crippen LogP contribution is -1.98. The SMILES string of the molecule is O[C@H](CF)c1cccc(F)c1. The van der Waals surface area contributed by atoms with E-state index >= 15 is 0 Å². The Morgan fingerprint density at radius 2 is 2.18 bits per heavy atom. The highest BCUT2D eigenvalue weighted by Crippen LogP contribution is 2.13. The molecule has 0 saturated carbocycles. The lowest BCUT2D eigenvalue weighted by atomic mass is 10.1. The molecule has 1 atom stereocenters. The number of rotatable bonds is 2. The van der Waals surface area contributed by atoms with Gasteiger partial charge in [-0.25, -0.2) is 8.78 Å². The molecule has 0 aliphatic rings. The fourth-order valence-electron chi connectivity index (χ4n) is 0.803. The fraction of sp³-hybridized carbons (Fsp3) is 0.250. The predicted octanol–water partition coefficient (Wildman–Crippen LogP) is 1.83. The summed E-state index contributed by atoms with van der Waals surface area (Å²) in [5.41, 5.74) is 0.271. The Labute approximate surface area is 63.3 Å². The Hall–Kier alpha value is -0.960. The van der Waals surface area contributed by atoms with Gasteiger partial charge in [0.15, 0.2) is 0 Å². The van der Waals surface area contributed by atoms with Crippen molar-refractivity contribution in [3.63, 3.8) is 0 Å². The Bertz CT molecular complexity index is 237. The minimum absolute atomic E-state index is 0.271. The summed E-state index contributed by atoms with van der Waals surface area (Å²) in [6.07, 6.45) is -1.20. The van der Waals surface area contributed by atoms with Gasteiger partial charge in [-0.15, -0.1) is 0 Å². The normalized spacial score (nSPS) is 13.0. The summed E-state index contributed by atoms with van der Waals surface area (Å²) in [5.74, 6) is -0.463. The number of aliphatic hydroxyl groups excluding tert-OH is 1. The highest BCUT2D eigenvalue weighted by atomic mass is 19.1. The minimum atomic E-state index is -1.20. The largest absolute Gasteiger partial charge is 0.386 e. The van der Waals surface area contributed by atoms with Crippen LogP contribution in [0.2, 0.25) is 0 Å². The van der Waals surface area contributed by atoms with Crippen molar-refractivity contribution in [1.29, 1.82) is 0 Å². The predicted molar refractivity (Wildman–Crippen MR) is 37.3 cm³/mol. The van der Waals surface area contributed by atoms with Gasteiger partial charge in [0.2, 0.25) is 0 Å². The molecule has 1 nitrogen and oxygen atoms in total.